The summed E-state index contributed by atoms with van der Waals surface area (Å²) >= 11 is 0. The summed E-state index contributed by atoms with van der Waals surface area (Å²) in [7, 11) is 0. The van der Waals surface area contributed by atoms with E-state index in [1.54, 1.807) is 17.6 Å². The van der Waals surface area contributed by atoms with Gasteiger partial charge in [0, 0.05) is 68.3 Å². The average molecular weight is 427 g/mol. The van der Waals surface area contributed by atoms with Crippen molar-refractivity contribution < 1.29 is 9.32 Å². The minimum absolute atomic E-state index is 0.105. The Balaban J connectivity index is 1.52. The normalized spacial score (nSPS) is 14.0. The Kier molecular flexibility index (Phi) is 4.82. The molecule has 0 bridgehead atoms. The maximum absolute atomic E-state index is 11.6. The molecular weight excluding hydrogens is 406 g/mol. The maximum Gasteiger partial charge on any atom is 0.219 e. The van der Waals surface area contributed by atoms with Gasteiger partial charge in [-0.15, -0.1) is 0 Å². The lowest BCUT2D eigenvalue weighted by Crippen LogP contribution is -2.48. The number of fused-ring (bicyclic) bond motifs is 1. The van der Waals surface area contributed by atoms with Crippen LogP contribution in [-0.2, 0) is 4.79 Å². The van der Waals surface area contributed by atoms with Crippen molar-refractivity contribution in [3.63, 3.8) is 0 Å². The lowest BCUT2D eigenvalue weighted by Gasteiger charge is -2.34. The fraction of sp³-hybridized carbons (Fsp3) is 0.261. The molecule has 1 aliphatic rings. The first-order valence-electron chi connectivity index (χ1n) is 10.4. The predicted molar refractivity (Wildman–Crippen MR) is 118 cm³/mol. The van der Waals surface area contributed by atoms with Gasteiger partial charge in [0.05, 0.1) is 23.0 Å². The average Bonchev–Trinajstić information content (AvgIpc) is 3.44. The number of carbonyl (C=O) groups excluding carboxylic acids is 1. The molecule has 4 aromatic heterocycles. The number of nitriles is 1. The van der Waals surface area contributed by atoms with Crippen molar-refractivity contribution >= 4 is 17.2 Å². The van der Waals surface area contributed by atoms with Gasteiger partial charge in [0.25, 0.3) is 0 Å². The minimum Gasteiger partial charge on any atom is -0.356 e. The largest absolute Gasteiger partial charge is 0.356 e. The van der Waals surface area contributed by atoms with Gasteiger partial charge < -0.3 is 14.3 Å². The molecule has 0 saturated carbocycles. The molecule has 160 valence electrons. The second-order valence-corrected chi connectivity index (χ2v) is 7.84. The standard InChI is InChI=1S/C23H21N7O2/c1-15-9-21(32-27-15)18-10-20(23-19(11-24)13-26-30(23)14-18)17-3-4-22(25-12-17)29-7-5-28(6-8-29)16(2)31/h3-4,9-10,12-14H,5-8H2,1-2H3. The van der Waals surface area contributed by atoms with E-state index in [9.17, 15) is 10.1 Å². The molecule has 5 heterocycles. The lowest BCUT2D eigenvalue weighted by molar-refractivity contribution is -0.129. The molecule has 0 spiro atoms. The van der Waals surface area contributed by atoms with Crippen molar-refractivity contribution in [2.75, 3.05) is 31.1 Å². The Morgan fingerprint density at radius 2 is 1.94 bits per heavy atom. The van der Waals surface area contributed by atoms with Gasteiger partial charge >= 0.3 is 0 Å². The monoisotopic (exact) mass is 427 g/mol. The highest BCUT2D eigenvalue weighted by molar-refractivity contribution is 5.87. The zero-order chi connectivity index (χ0) is 22.2. The molecule has 9 heteroatoms. The van der Waals surface area contributed by atoms with Crippen molar-refractivity contribution in [2.24, 2.45) is 0 Å². The number of piperazine rings is 1. The molecule has 0 atom stereocenters. The summed E-state index contributed by atoms with van der Waals surface area (Å²) in [4.78, 5) is 20.3. The lowest BCUT2D eigenvalue weighted by atomic mass is 10.0. The van der Waals surface area contributed by atoms with Crippen molar-refractivity contribution in [2.45, 2.75) is 13.8 Å². The van der Waals surface area contributed by atoms with Crippen LogP contribution in [0.2, 0.25) is 0 Å². The highest BCUT2D eigenvalue weighted by atomic mass is 16.5. The quantitative estimate of drug-likeness (QED) is 0.495. The molecule has 0 aliphatic carbocycles. The molecule has 32 heavy (non-hydrogen) atoms. The SMILES string of the molecule is CC(=O)N1CCN(c2ccc(-c3cc(-c4cc(C)no4)cn4ncc(C#N)c34)cn2)CC1. The third kappa shape index (κ3) is 3.46. The van der Waals surface area contributed by atoms with Gasteiger partial charge in [-0.3, -0.25) is 4.79 Å². The van der Waals surface area contributed by atoms with Crippen LogP contribution in [0.4, 0.5) is 5.82 Å². The van der Waals surface area contributed by atoms with Gasteiger partial charge in [0.1, 0.15) is 11.9 Å². The molecule has 1 fully saturated rings. The summed E-state index contributed by atoms with van der Waals surface area (Å²) in [5.74, 6) is 1.60. The topological polar surface area (TPSA) is 104 Å². The third-order valence-corrected chi connectivity index (χ3v) is 5.75. The molecule has 9 nitrogen and oxygen atoms in total. The third-order valence-electron chi connectivity index (χ3n) is 5.75. The zero-order valence-corrected chi connectivity index (χ0v) is 17.8. The maximum atomic E-state index is 11.6. The van der Waals surface area contributed by atoms with Gasteiger partial charge in [-0.1, -0.05) is 5.16 Å². The number of carbonyl (C=O) groups is 1. The van der Waals surface area contributed by atoms with Crippen LogP contribution in [-0.4, -0.2) is 56.7 Å². The van der Waals surface area contributed by atoms with Crippen LogP contribution in [0.5, 0.6) is 0 Å². The first kappa shape index (κ1) is 19.8. The fourth-order valence-corrected chi connectivity index (χ4v) is 4.04. The molecule has 1 aliphatic heterocycles. The van der Waals surface area contributed by atoms with Gasteiger partial charge in [-0.25, -0.2) is 9.50 Å². The molecule has 0 radical (unpaired) electrons. The van der Waals surface area contributed by atoms with Crippen LogP contribution >= 0.6 is 0 Å². The summed E-state index contributed by atoms with van der Waals surface area (Å²) in [6.07, 6.45) is 5.20. The first-order valence-corrected chi connectivity index (χ1v) is 10.4. The highest BCUT2D eigenvalue weighted by Crippen LogP contribution is 2.32. The Bertz CT molecular complexity index is 1340. The molecular formula is C23H21N7O2. The summed E-state index contributed by atoms with van der Waals surface area (Å²) in [5, 5.41) is 17.9. The second kappa shape index (κ2) is 7.81. The number of pyridine rings is 2. The van der Waals surface area contributed by atoms with Gasteiger partial charge in [-0.05, 0) is 25.1 Å². The van der Waals surface area contributed by atoms with Crippen LogP contribution < -0.4 is 4.90 Å². The Labute approximate surface area is 184 Å². The molecule has 0 unspecified atom stereocenters. The summed E-state index contributed by atoms with van der Waals surface area (Å²) in [6, 6.07) is 10.0. The van der Waals surface area contributed by atoms with Crippen LogP contribution in [0, 0.1) is 18.3 Å². The number of rotatable bonds is 3. The van der Waals surface area contributed by atoms with Gasteiger partial charge in [0.15, 0.2) is 5.76 Å². The number of hydrogen-bond donors (Lipinski definition) is 0. The number of aromatic nitrogens is 4. The van der Waals surface area contributed by atoms with Crippen LogP contribution in [0.3, 0.4) is 0 Å². The number of nitrogens with zero attached hydrogens (tertiary/aromatic N) is 7. The van der Waals surface area contributed by atoms with Crippen molar-refractivity contribution in [3.8, 4) is 28.5 Å². The van der Waals surface area contributed by atoms with E-state index in [2.05, 4.69) is 26.2 Å². The second-order valence-electron chi connectivity index (χ2n) is 7.84. The smallest absolute Gasteiger partial charge is 0.219 e. The summed E-state index contributed by atoms with van der Waals surface area (Å²) in [6.45, 7) is 6.35. The molecule has 1 saturated heterocycles. The minimum atomic E-state index is 0.105. The molecule has 4 aromatic rings. The van der Waals surface area contributed by atoms with E-state index in [0.717, 1.165) is 46.8 Å². The van der Waals surface area contributed by atoms with Crippen LogP contribution in [0.25, 0.3) is 28.0 Å². The number of amides is 1. The van der Waals surface area contributed by atoms with E-state index >= 15 is 0 Å². The van der Waals surface area contributed by atoms with Gasteiger partial charge in [-0.2, -0.15) is 10.4 Å². The van der Waals surface area contributed by atoms with E-state index in [1.807, 2.05) is 48.5 Å². The predicted octanol–water partition coefficient (Wildman–Crippen LogP) is 2.90. The van der Waals surface area contributed by atoms with Crippen molar-refractivity contribution in [1.29, 1.82) is 5.26 Å². The zero-order valence-electron chi connectivity index (χ0n) is 17.8. The Morgan fingerprint density at radius 1 is 1.12 bits per heavy atom. The Morgan fingerprint density at radius 3 is 2.56 bits per heavy atom. The van der Waals surface area contributed by atoms with E-state index in [1.165, 1.54) is 0 Å². The van der Waals surface area contributed by atoms with E-state index in [0.29, 0.717) is 24.4 Å². The summed E-state index contributed by atoms with van der Waals surface area (Å²) in [5.41, 5.74) is 4.52. The fourth-order valence-electron chi connectivity index (χ4n) is 4.04. The summed E-state index contributed by atoms with van der Waals surface area (Å²) < 4.78 is 7.13. The van der Waals surface area contributed by atoms with Crippen LogP contribution in [0.15, 0.2) is 47.4 Å². The van der Waals surface area contributed by atoms with Crippen molar-refractivity contribution in [1.82, 2.24) is 24.7 Å². The number of anilines is 1. The number of hydrogen-bond acceptors (Lipinski definition) is 7. The van der Waals surface area contributed by atoms with E-state index < -0.39 is 0 Å². The molecule has 1 amide bonds. The Hall–Kier alpha value is -4.19. The van der Waals surface area contributed by atoms with Crippen molar-refractivity contribution in [3.05, 3.63) is 54.1 Å². The van der Waals surface area contributed by atoms with E-state index in [4.69, 9.17) is 4.52 Å². The first-order chi connectivity index (χ1) is 15.5. The number of aryl methyl sites for hydroxylation is 1. The molecule has 0 aromatic carbocycles. The van der Waals surface area contributed by atoms with Gasteiger partial charge in [0.2, 0.25) is 5.91 Å². The molecule has 0 N–H and O–H groups in total. The van der Waals surface area contributed by atoms with E-state index in [-0.39, 0.29) is 5.91 Å². The highest BCUT2D eigenvalue weighted by Gasteiger charge is 2.20. The molecule has 5 rings (SSSR count). The van der Waals surface area contributed by atoms with Crippen LogP contribution in [0.1, 0.15) is 18.2 Å².